The molecule has 0 bridgehead atoms. The predicted molar refractivity (Wildman–Crippen MR) is 117 cm³/mol. The fourth-order valence-electron chi connectivity index (χ4n) is 3.45. The molecule has 2 aromatic carbocycles. The van der Waals surface area contributed by atoms with Crippen molar-refractivity contribution in [3.8, 4) is 5.75 Å². The predicted octanol–water partition coefficient (Wildman–Crippen LogP) is 4.39. The molecule has 0 aliphatic heterocycles. The summed E-state index contributed by atoms with van der Waals surface area (Å²) >= 11 is 0. The topological polar surface area (TPSA) is 64.6 Å². The maximum absolute atomic E-state index is 12.5. The van der Waals surface area contributed by atoms with E-state index in [1.54, 1.807) is 19.1 Å². The maximum Gasteiger partial charge on any atom is 0.331 e. The van der Waals surface area contributed by atoms with Crippen molar-refractivity contribution in [3.05, 3.63) is 84.0 Å². The number of hydrogen-bond acceptors (Lipinski definition) is 4. The van der Waals surface area contributed by atoms with Crippen LogP contribution < -0.4 is 10.1 Å². The van der Waals surface area contributed by atoms with E-state index in [0.29, 0.717) is 6.61 Å². The van der Waals surface area contributed by atoms with Crippen LogP contribution in [0.25, 0.3) is 6.08 Å². The fourth-order valence-corrected chi connectivity index (χ4v) is 3.45. The molecule has 0 heterocycles. The Hall–Kier alpha value is -3.34. The summed E-state index contributed by atoms with van der Waals surface area (Å²) in [6, 6.07) is 15.4. The average molecular weight is 405 g/mol. The van der Waals surface area contributed by atoms with Gasteiger partial charge in [-0.2, -0.15) is 0 Å². The summed E-state index contributed by atoms with van der Waals surface area (Å²) in [4.78, 5) is 24.6. The van der Waals surface area contributed by atoms with Crippen LogP contribution in [0.15, 0.2) is 67.3 Å². The molecule has 0 radical (unpaired) electrons. The summed E-state index contributed by atoms with van der Waals surface area (Å²) in [5.74, 6) is -0.125. The number of hydrogen-bond donors (Lipinski definition) is 1. The van der Waals surface area contributed by atoms with E-state index < -0.39 is 12.1 Å². The highest BCUT2D eigenvalue weighted by Crippen LogP contribution is 2.29. The minimum absolute atomic E-state index is 0.0408. The smallest absolute Gasteiger partial charge is 0.331 e. The molecule has 156 valence electrons. The van der Waals surface area contributed by atoms with E-state index in [0.717, 1.165) is 36.1 Å². The lowest BCUT2D eigenvalue weighted by molar-refractivity contribution is -0.150. The molecular weight excluding hydrogens is 378 g/mol. The zero-order chi connectivity index (χ0) is 21.3. The van der Waals surface area contributed by atoms with Gasteiger partial charge in [0.05, 0.1) is 6.04 Å². The van der Waals surface area contributed by atoms with Crippen LogP contribution in [0.4, 0.5) is 0 Å². The molecule has 5 heteroatoms. The van der Waals surface area contributed by atoms with Crippen LogP contribution >= 0.6 is 0 Å². The van der Waals surface area contributed by atoms with E-state index in [-0.39, 0.29) is 11.9 Å². The van der Waals surface area contributed by atoms with Gasteiger partial charge in [0, 0.05) is 6.08 Å². The van der Waals surface area contributed by atoms with E-state index in [2.05, 4.69) is 18.0 Å². The van der Waals surface area contributed by atoms with Gasteiger partial charge in [-0.15, -0.1) is 0 Å². The molecular formula is C25H27NO4. The summed E-state index contributed by atoms with van der Waals surface area (Å²) < 4.78 is 10.7. The van der Waals surface area contributed by atoms with Crippen molar-refractivity contribution in [2.75, 3.05) is 6.61 Å². The number of fused-ring (bicyclic) bond motifs is 1. The first-order valence-corrected chi connectivity index (χ1v) is 10.2. The summed E-state index contributed by atoms with van der Waals surface area (Å²) in [5, 5.41) is 3.02. The summed E-state index contributed by atoms with van der Waals surface area (Å²) in [7, 11) is 0. The van der Waals surface area contributed by atoms with Crippen molar-refractivity contribution in [1.29, 1.82) is 0 Å². The third-order valence-electron chi connectivity index (χ3n) is 5.01. The molecule has 1 amide bonds. The number of carbonyl (C=O) groups excluding carboxylic acids is 2. The third kappa shape index (κ3) is 5.83. The molecule has 0 saturated heterocycles. The second-order valence-corrected chi connectivity index (χ2v) is 7.23. The average Bonchev–Trinajstić information content (AvgIpc) is 2.77. The van der Waals surface area contributed by atoms with Crippen LogP contribution in [0.2, 0.25) is 0 Å². The highest BCUT2D eigenvalue weighted by Gasteiger charge is 2.24. The van der Waals surface area contributed by atoms with Crippen LogP contribution in [-0.4, -0.2) is 24.6 Å². The quantitative estimate of drug-likeness (QED) is 0.402. The van der Waals surface area contributed by atoms with Gasteiger partial charge in [0.2, 0.25) is 0 Å². The molecule has 0 aromatic heterocycles. The van der Waals surface area contributed by atoms with Crippen LogP contribution in [0, 0.1) is 0 Å². The van der Waals surface area contributed by atoms with Gasteiger partial charge in [-0.05, 0) is 61.1 Å². The molecule has 2 aromatic rings. The molecule has 0 spiro atoms. The zero-order valence-corrected chi connectivity index (χ0v) is 17.2. The second-order valence-electron chi connectivity index (χ2n) is 7.23. The molecule has 0 fully saturated rings. The number of amides is 1. The lowest BCUT2D eigenvalue weighted by atomic mass is 9.87. The van der Waals surface area contributed by atoms with Gasteiger partial charge in [-0.25, -0.2) is 4.79 Å². The Kier molecular flexibility index (Phi) is 7.44. The number of rotatable bonds is 8. The van der Waals surface area contributed by atoms with Gasteiger partial charge in [0.25, 0.3) is 5.91 Å². The van der Waals surface area contributed by atoms with E-state index in [9.17, 15) is 9.59 Å². The van der Waals surface area contributed by atoms with Gasteiger partial charge < -0.3 is 14.8 Å². The molecule has 1 aliphatic rings. The maximum atomic E-state index is 12.5. The first-order valence-electron chi connectivity index (χ1n) is 10.2. The van der Waals surface area contributed by atoms with Crippen molar-refractivity contribution in [2.24, 2.45) is 0 Å². The molecule has 30 heavy (non-hydrogen) atoms. The van der Waals surface area contributed by atoms with Crippen LogP contribution in [-0.2, 0) is 20.7 Å². The van der Waals surface area contributed by atoms with Crippen molar-refractivity contribution in [3.63, 3.8) is 0 Å². The molecule has 1 N–H and O–H groups in total. The van der Waals surface area contributed by atoms with Crippen LogP contribution in [0.3, 0.4) is 0 Å². The normalized spacial score (nSPS) is 16.4. The van der Waals surface area contributed by atoms with Gasteiger partial charge in [0.1, 0.15) is 12.4 Å². The number of carbonyl (C=O) groups is 2. The zero-order valence-electron chi connectivity index (χ0n) is 17.2. The Balaban J connectivity index is 1.51. The highest BCUT2D eigenvalue weighted by molar-refractivity contribution is 5.90. The number of esters is 1. The Morgan fingerprint density at radius 2 is 1.97 bits per heavy atom. The van der Waals surface area contributed by atoms with Crippen LogP contribution in [0.1, 0.15) is 42.5 Å². The van der Waals surface area contributed by atoms with E-state index in [1.165, 1.54) is 11.6 Å². The first kappa shape index (κ1) is 21.4. The lowest BCUT2D eigenvalue weighted by Crippen LogP contribution is -2.39. The molecule has 2 atom stereocenters. The lowest BCUT2D eigenvalue weighted by Gasteiger charge is -2.27. The van der Waals surface area contributed by atoms with Crippen molar-refractivity contribution in [2.45, 2.75) is 38.3 Å². The Bertz CT molecular complexity index is 917. The molecule has 0 unspecified atom stereocenters. The van der Waals surface area contributed by atoms with Gasteiger partial charge in [-0.3, -0.25) is 4.79 Å². The summed E-state index contributed by atoms with van der Waals surface area (Å²) in [5.41, 5.74) is 3.24. The largest absolute Gasteiger partial charge is 0.490 e. The molecule has 5 nitrogen and oxygen atoms in total. The van der Waals surface area contributed by atoms with E-state index in [4.69, 9.17) is 9.47 Å². The van der Waals surface area contributed by atoms with Crippen molar-refractivity contribution < 1.29 is 19.1 Å². The van der Waals surface area contributed by atoms with Crippen LogP contribution in [0.5, 0.6) is 5.75 Å². The SMILES string of the molecule is C=CCOc1ccc(/C=C/C(=O)O[C@@H](C)C(=O)N[C@@H]2CCCc3ccccc32)cc1. The van der Waals surface area contributed by atoms with E-state index in [1.807, 2.05) is 42.5 Å². The minimum Gasteiger partial charge on any atom is -0.490 e. The molecule has 0 saturated carbocycles. The first-order chi connectivity index (χ1) is 14.6. The monoisotopic (exact) mass is 405 g/mol. The Labute approximate surface area is 177 Å². The molecule has 3 rings (SSSR count). The van der Waals surface area contributed by atoms with Crippen molar-refractivity contribution in [1.82, 2.24) is 5.32 Å². The number of benzene rings is 2. The third-order valence-corrected chi connectivity index (χ3v) is 5.01. The van der Waals surface area contributed by atoms with E-state index >= 15 is 0 Å². The van der Waals surface area contributed by atoms with Crippen molar-refractivity contribution >= 4 is 18.0 Å². The van der Waals surface area contributed by atoms with Gasteiger partial charge >= 0.3 is 5.97 Å². The summed E-state index contributed by atoms with van der Waals surface area (Å²) in [6.07, 6.45) is 6.70. The second kappa shape index (κ2) is 10.4. The molecule has 1 aliphatic carbocycles. The minimum atomic E-state index is -0.870. The highest BCUT2D eigenvalue weighted by atomic mass is 16.5. The standard InChI is InChI=1S/C25H27NO4/c1-3-17-29-21-14-11-19(12-15-21)13-16-24(27)30-18(2)25(28)26-23-10-6-8-20-7-4-5-9-22(20)23/h3-5,7,9,11-16,18,23H,1,6,8,10,17H2,2H3,(H,26,28)/b16-13+/t18-,23+/m0/s1. The number of ether oxygens (including phenoxy) is 2. The van der Waals surface area contributed by atoms with Gasteiger partial charge in [0.15, 0.2) is 6.10 Å². The number of nitrogens with one attached hydrogen (secondary N) is 1. The Morgan fingerprint density at radius 3 is 2.73 bits per heavy atom. The fraction of sp³-hybridized carbons (Fsp3) is 0.280. The Morgan fingerprint density at radius 1 is 1.20 bits per heavy atom. The summed E-state index contributed by atoms with van der Waals surface area (Å²) in [6.45, 7) is 5.63. The number of aryl methyl sites for hydroxylation is 1. The van der Waals surface area contributed by atoms with Gasteiger partial charge in [-0.1, -0.05) is 49.1 Å².